The van der Waals surface area contributed by atoms with Crippen molar-refractivity contribution in [2.24, 2.45) is 0 Å². The summed E-state index contributed by atoms with van der Waals surface area (Å²) in [6, 6.07) is 0. The Balaban J connectivity index is 3.10. The molecule has 0 bridgehead atoms. The van der Waals surface area contributed by atoms with Crippen LogP contribution in [-0.2, 0) is 10.1 Å². The lowest BCUT2D eigenvalue weighted by atomic mass is 10.0. The Morgan fingerprint density at radius 1 is 0.600 bits per heavy atom. The van der Waals surface area contributed by atoms with Crippen molar-refractivity contribution in [2.45, 2.75) is 116 Å². The van der Waals surface area contributed by atoms with Gasteiger partial charge in [0.15, 0.2) is 0 Å². The van der Waals surface area contributed by atoms with Crippen LogP contribution in [0.2, 0.25) is 0 Å². The van der Waals surface area contributed by atoms with Gasteiger partial charge in [-0.3, -0.25) is 4.55 Å². The molecule has 0 aromatic rings. The second-order valence-electron chi connectivity index (χ2n) is 7.31. The van der Waals surface area contributed by atoms with Crippen molar-refractivity contribution >= 4 is 10.1 Å². The lowest BCUT2D eigenvalue weighted by molar-refractivity contribution is 0.486. The summed E-state index contributed by atoms with van der Waals surface area (Å²) in [7, 11) is -3.83. The zero-order valence-electron chi connectivity index (χ0n) is 16.6. The first kappa shape index (κ1) is 24.7. The SMILES string of the molecule is CCCCCCCCCCCCCCCCCC/C=C/CS(=O)(=O)O. The average molecular weight is 375 g/mol. The first-order valence-electron chi connectivity index (χ1n) is 10.7. The Morgan fingerprint density at radius 2 is 0.960 bits per heavy atom. The highest BCUT2D eigenvalue weighted by Crippen LogP contribution is 2.14. The van der Waals surface area contributed by atoms with Gasteiger partial charge < -0.3 is 0 Å². The molecule has 0 aromatic heterocycles. The highest BCUT2D eigenvalue weighted by molar-refractivity contribution is 7.85. The maximum Gasteiger partial charge on any atom is 0.268 e. The molecule has 1 N–H and O–H groups in total. The standard InChI is InChI=1S/C21H42O3S/c1-2-3-4-5-6-7-8-9-10-11-12-13-14-15-16-17-18-19-20-21-25(22,23)24/h19-20H,2-18,21H2,1H3,(H,22,23,24)/b20-19+. The molecule has 25 heavy (non-hydrogen) atoms. The van der Waals surface area contributed by atoms with E-state index in [2.05, 4.69) is 6.92 Å². The van der Waals surface area contributed by atoms with Gasteiger partial charge in [-0.05, 0) is 12.8 Å². The average Bonchev–Trinajstić information content (AvgIpc) is 2.56. The smallest absolute Gasteiger partial charge is 0.268 e. The van der Waals surface area contributed by atoms with Crippen LogP contribution in [0.15, 0.2) is 12.2 Å². The summed E-state index contributed by atoms with van der Waals surface area (Å²) in [4.78, 5) is 0. The molecule has 0 heterocycles. The normalized spacial score (nSPS) is 12.2. The van der Waals surface area contributed by atoms with Crippen molar-refractivity contribution < 1.29 is 13.0 Å². The van der Waals surface area contributed by atoms with Crippen LogP contribution in [0.4, 0.5) is 0 Å². The Bertz CT molecular complexity index is 388. The number of hydrogen-bond acceptors (Lipinski definition) is 2. The molecule has 0 aliphatic carbocycles. The largest absolute Gasteiger partial charge is 0.285 e. The van der Waals surface area contributed by atoms with Crippen LogP contribution in [0.1, 0.15) is 116 Å². The van der Waals surface area contributed by atoms with Gasteiger partial charge in [0, 0.05) is 0 Å². The molecule has 0 aliphatic rings. The van der Waals surface area contributed by atoms with E-state index in [1.54, 1.807) is 6.08 Å². The van der Waals surface area contributed by atoms with Crippen molar-refractivity contribution in [3.63, 3.8) is 0 Å². The van der Waals surface area contributed by atoms with Crippen molar-refractivity contribution in [1.29, 1.82) is 0 Å². The zero-order chi connectivity index (χ0) is 18.6. The molecule has 0 rings (SSSR count). The van der Waals surface area contributed by atoms with Crippen LogP contribution in [0.3, 0.4) is 0 Å². The summed E-state index contributed by atoms with van der Waals surface area (Å²) >= 11 is 0. The maximum atomic E-state index is 10.5. The summed E-state index contributed by atoms with van der Waals surface area (Å²) in [5, 5.41) is 0. The lowest BCUT2D eigenvalue weighted by Crippen LogP contribution is -1.99. The second kappa shape index (κ2) is 18.4. The molecule has 0 saturated heterocycles. The Kier molecular flexibility index (Phi) is 18.2. The molecular formula is C21H42O3S. The van der Waals surface area contributed by atoms with Crippen LogP contribution in [-0.4, -0.2) is 18.7 Å². The van der Waals surface area contributed by atoms with E-state index in [1.165, 1.54) is 96.3 Å². The molecule has 0 amide bonds. The molecule has 150 valence electrons. The molecule has 0 aromatic carbocycles. The Morgan fingerprint density at radius 3 is 1.32 bits per heavy atom. The molecule has 0 unspecified atom stereocenters. The predicted octanol–water partition coefficient (Wildman–Crippen LogP) is 7.08. The summed E-state index contributed by atoms with van der Waals surface area (Å²) in [5.41, 5.74) is 0. The third kappa shape index (κ3) is 23.6. The number of rotatable bonds is 19. The molecule has 0 fully saturated rings. The molecule has 0 saturated carbocycles. The molecule has 0 aliphatic heterocycles. The van der Waals surface area contributed by atoms with Gasteiger partial charge in [-0.15, -0.1) is 0 Å². The first-order valence-corrected chi connectivity index (χ1v) is 12.3. The van der Waals surface area contributed by atoms with Crippen molar-refractivity contribution in [1.82, 2.24) is 0 Å². The van der Waals surface area contributed by atoms with E-state index in [0.717, 1.165) is 12.8 Å². The topological polar surface area (TPSA) is 54.4 Å². The van der Waals surface area contributed by atoms with Crippen molar-refractivity contribution in [3.05, 3.63) is 12.2 Å². The molecular weight excluding hydrogens is 332 g/mol. The second-order valence-corrected chi connectivity index (χ2v) is 8.81. The minimum atomic E-state index is -3.83. The zero-order valence-corrected chi connectivity index (χ0v) is 17.4. The number of unbranched alkanes of at least 4 members (excludes halogenated alkanes) is 16. The van der Waals surface area contributed by atoms with Crippen LogP contribution in [0.25, 0.3) is 0 Å². The summed E-state index contributed by atoms with van der Waals surface area (Å²) < 4.78 is 29.6. The van der Waals surface area contributed by atoms with Crippen molar-refractivity contribution in [3.8, 4) is 0 Å². The van der Waals surface area contributed by atoms with E-state index in [-0.39, 0.29) is 5.75 Å². The Labute approximate surface area is 157 Å². The third-order valence-electron chi connectivity index (χ3n) is 4.70. The highest BCUT2D eigenvalue weighted by atomic mass is 32.2. The van der Waals surface area contributed by atoms with Crippen LogP contribution in [0, 0.1) is 0 Å². The fraction of sp³-hybridized carbons (Fsp3) is 0.905. The van der Waals surface area contributed by atoms with E-state index in [1.807, 2.05) is 6.08 Å². The van der Waals surface area contributed by atoms with Crippen LogP contribution >= 0.6 is 0 Å². The monoisotopic (exact) mass is 374 g/mol. The van der Waals surface area contributed by atoms with Gasteiger partial charge in [0.2, 0.25) is 0 Å². The van der Waals surface area contributed by atoms with Gasteiger partial charge in [-0.25, -0.2) is 0 Å². The summed E-state index contributed by atoms with van der Waals surface area (Å²) in [6.45, 7) is 2.27. The van der Waals surface area contributed by atoms with Crippen LogP contribution < -0.4 is 0 Å². The third-order valence-corrected chi connectivity index (χ3v) is 5.31. The molecule has 4 heteroatoms. The summed E-state index contributed by atoms with van der Waals surface area (Å²) in [5.74, 6) is -0.258. The Hall–Kier alpha value is -0.350. The van der Waals surface area contributed by atoms with Crippen molar-refractivity contribution in [2.75, 3.05) is 5.75 Å². The maximum absolute atomic E-state index is 10.5. The van der Waals surface area contributed by atoms with Gasteiger partial charge in [0.25, 0.3) is 10.1 Å². The number of allylic oxidation sites excluding steroid dienone is 1. The van der Waals surface area contributed by atoms with Gasteiger partial charge in [0.1, 0.15) is 0 Å². The molecule has 0 radical (unpaired) electrons. The summed E-state index contributed by atoms with van der Waals surface area (Å²) in [6.07, 6.45) is 26.1. The number of hydrogen-bond donors (Lipinski definition) is 1. The predicted molar refractivity (Wildman–Crippen MR) is 110 cm³/mol. The minimum Gasteiger partial charge on any atom is -0.285 e. The van der Waals surface area contributed by atoms with Gasteiger partial charge >= 0.3 is 0 Å². The fourth-order valence-corrected chi connectivity index (χ4v) is 3.50. The highest BCUT2D eigenvalue weighted by Gasteiger charge is 1.98. The molecule has 0 spiro atoms. The lowest BCUT2D eigenvalue weighted by Gasteiger charge is -2.03. The van der Waals surface area contributed by atoms with E-state index in [0.29, 0.717) is 0 Å². The van der Waals surface area contributed by atoms with E-state index < -0.39 is 10.1 Å². The van der Waals surface area contributed by atoms with E-state index in [4.69, 9.17) is 4.55 Å². The molecule has 3 nitrogen and oxygen atoms in total. The minimum absolute atomic E-state index is 0.258. The fourth-order valence-electron chi connectivity index (χ4n) is 3.12. The first-order chi connectivity index (χ1) is 12.1. The molecule has 0 atom stereocenters. The van der Waals surface area contributed by atoms with E-state index in [9.17, 15) is 8.42 Å². The van der Waals surface area contributed by atoms with Gasteiger partial charge in [-0.2, -0.15) is 8.42 Å². The quantitative estimate of drug-likeness (QED) is 0.149. The van der Waals surface area contributed by atoms with Gasteiger partial charge in [0.05, 0.1) is 5.75 Å². The van der Waals surface area contributed by atoms with Crippen LogP contribution in [0.5, 0.6) is 0 Å². The van der Waals surface area contributed by atoms with Gasteiger partial charge in [-0.1, -0.05) is 115 Å². The van der Waals surface area contributed by atoms with E-state index >= 15 is 0 Å².